The molecular formula is C17H21ClN2O2. The largest absolute Gasteiger partial charge is 0.377 e. The number of likely N-dealkylation sites (N-methyl/N-ethyl adjacent to an activating group) is 1. The van der Waals surface area contributed by atoms with Crippen LogP contribution in [-0.4, -0.2) is 50.2 Å². The zero-order chi connectivity index (χ0) is 15.5. The summed E-state index contributed by atoms with van der Waals surface area (Å²) in [6.45, 7) is 2.98. The normalized spacial score (nSPS) is 22.3. The highest BCUT2D eigenvalue weighted by atomic mass is 35.5. The summed E-state index contributed by atoms with van der Waals surface area (Å²) in [6.07, 6.45) is 4.02. The Labute approximate surface area is 136 Å². The van der Waals surface area contributed by atoms with Crippen molar-refractivity contribution in [1.29, 1.82) is 0 Å². The van der Waals surface area contributed by atoms with Gasteiger partial charge in [0.05, 0.1) is 30.0 Å². The van der Waals surface area contributed by atoms with Gasteiger partial charge in [0.1, 0.15) is 0 Å². The highest BCUT2D eigenvalue weighted by molar-refractivity contribution is 6.33. The molecule has 22 heavy (non-hydrogen) atoms. The van der Waals surface area contributed by atoms with Crippen molar-refractivity contribution < 1.29 is 9.53 Å². The fraction of sp³-hybridized carbons (Fsp3) is 0.471. The molecule has 1 unspecified atom stereocenters. The third kappa shape index (κ3) is 3.19. The molecule has 1 amide bonds. The third-order valence-corrected chi connectivity index (χ3v) is 4.61. The number of hydrogen-bond acceptors (Lipinski definition) is 3. The van der Waals surface area contributed by atoms with Crippen LogP contribution in [0.2, 0.25) is 5.02 Å². The van der Waals surface area contributed by atoms with Crippen molar-refractivity contribution in [2.45, 2.75) is 18.9 Å². The summed E-state index contributed by atoms with van der Waals surface area (Å²) in [5.74, 6) is 0.132. The summed E-state index contributed by atoms with van der Waals surface area (Å²) in [5.41, 5.74) is 2.07. The molecule has 2 heterocycles. The van der Waals surface area contributed by atoms with Crippen LogP contribution in [0.15, 0.2) is 35.9 Å². The van der Waals surface area contributed by atoms with Crippen LogP contribution in [0.1, 0.15) is 12.8 Å². The first kappa shape index (κ1) is 15.5. The van der Waals surface area contributed by atoms with E-state index >= 15 is 0 Å². The maximum Gasteiger partial charge on any atom is 0.244 e. The average molecular weight is 321 g/mol. The number of halogens is 1. The highest BCUT2D eigenvalue weighted by Gasteiger charge is 2.36. The van der Waals surface area contributed by atoms with E-state index in [1.54, 1.807) is 4.90 Å². The first-order valence-corrected chi connectivity index (χ1v) is 8.06. The van der Waals surface area contributed by atoms with Gasteiger partial charge in [-0.2, -0.15) is 0 Å². The number of amides is 1. The van der Waals surface area contributed by atoms with E-state index in [1.807, 2.05) is 31.3 Å². The molecule has 3 rings (SSSR count). The lowest BCUT2D eigenvalue weighted by Crippen LogP contribution is -2.41. The number of hydrogen-bond donors (Lipinski definition) is 0. The van der Waals surface area contributed by atoms with Crippen molar-refractivity contribution >= 4 is 23.2 Å². The molecule has 5 heteroatoms. The molecule has 2 aliphatic rings. The maximum atomic E-state index is 12.7. The number of carbonyl (C=O) groups is 1. The minimum Gasteiger partial charge on any atom is -0.377 e. The number of ether oxygens (including phenoxy) is 1. The van der Waals surface area contributed by atoms with E-state index in [2.05, 4.69) is 11.0 Å². The molecule has 0 N–H and O–H groups in total. The van der Waals surface area contributed by atoms with Gasteiger partial charge in [0.2, 0.25) is 5.91 Å². The summed E-state index contributed by atoms with van der Waals surface area (Å²) in [7, 11) is 2.01. The van der Waals surface area contributed by atoms with Crippen LogP contribution < -0.4 is 4.90 Å². The SMILES string of the molecule is CN(CC1=CCCOC1)C1CCN(c2ccccc2Cl)C1=O. The summed E-state index contributed by atoms with van der Waals surface area (Å²) < 4.78 is 5.47. The minimum absolute atomic E-state index is 0.0842. The Morgan fingerprint density at radius 1 is 1.41 bits per heavy atom. The first-order chi connectivity index (χ1) is 10.7. The first-order valence-electron chi connectivity index (χ1n) is 7.68. The Hall–Kier alpha value is -1.36. The van der Waals surface area contributed by atoms with Gasteiger partial charge in [0, 0.05) is 13.1 Å². The molecule has 1 aromatic rings. The van der Waals surface area contributed by atoms with Gasteiger partial charge in [0.15, 0.2) is 0 Å². The van der Waals surface area contributed by atoms with Gasteiger partial charge in [-0.25, -0.2) is 0 Å². The van der Waals surface area contributed by atoms with Gasteiger partial charge in [0.25, 0.3) is 0 Å². The van der Waals surface area contributed by atoms with Crippen molar-refractivity contribution in [3.8, 4) is 0 Å². The molecule has 4 nitrogen and oxygen atoms in total. The fourth-order valence-electron chi connectivity index (χ4n) is 3.13. The van der Waals surface area contributed by atoms with Crippen molar-refractivity contribution in [2.75, 3.05) is 38.3 Å². The van der Waals surface area contributed by atoms with Gasteiger partial charge in [-0.3, -0.25) is 9.69 Å². The van der Waals surface area contributed by atoms with Crippen LogP contribution >= 0.6 is 11.6 Å². The highest BCUT2D eigenvalue weighted by Crippen LogP contribution is 2.30. The topological polar surface area (TPSA) is 32.8 Å². The van der Waals surface area contributed by atoms with Crippen molar-refractivity contribution in [1.82, 2.24) is 4.90 Å². The van der Waals surface area contributed by atoms with Crippen LogP contribution in [0.5, 0.6) is 0 Å². The van der Waals surface area contributed by atoms with Crippen LogP contribution in [0, 0.1) is 0 Å². The molecule has 118 valence electrons. The lowest BCUT2D eigenvalue weighted by Gasteiger charge is -2.26. The minimum atomic E-state index is -0.0842. The zero-order valence-electron chi connectivity index (χ0n) is 12.8. The van der Waals surface area contributed by atoms with Gasteiger partial charge in [-0.1, -0.05) is 29.8 Å². The van der Waals surface area contributed by atoms with E-state index in [1.165, 1.54) is 5.57 Å². The summed E-state index contributed by atoms with van der Waals surface area (Å²) in [4.78, 5) is 16.6. The molecule has 1 saturated heterocycles. The Kier molecular flexibility index (Phi) is 4.81. The molecular weight excluding hydrogens is 300 g/mol. The molecule has 1 atom stereocenters. The van der Waals surface area contributed by atoms with E-state index < -0.39 is 0 Å². The van der Waals surface area contributed by atoms with E-state index in [0.717, 1.165) is 31.7 Å². The predicted molar refractivity (Wildman–Crippen MR) is 88.4 cm³/mol. The van der Waals surface area contributed by atoms with E-state index in [-0.39, 0.29) is 11.9 Å². The van der Waals surface area contributed by atoms with Crippen molar-refractivity contribution in [2.24, 2.45) is 0 Å². The molecule has 1 fully saturated rings. The Morgan fingerprint density at radius 2 is 2.23 bits per heavy atom. The molecule has 0 radical (unpaired) electrons. The van der Waals surface area contributed by atoms with Gasteiger partial charge in [-0.15, -0.1) is 0 Å². The zero-order valence-corrected chi connectivity index (χ0v) is 13.6. The van der Waals surface area contributed by atoms with Gasteiger partial charge < -0.3 is 9.64 Å². The summed E-state index contributed by atoms with van der Waals surface area (Å²) >= 11 is 6.22. The van der Waals surface area contributed by atoms with E-state index in [4.69, 9.17) is 16.3 Å². The summed E-state index contributed by atoms with van der Waals surface area (Å²) in [5, 5.41) is 0.627. The van der Waals surface area contributed by atoms with Crippen LogP contribution in [0.3, 0.4) is 0 Å². The third-order valence-electron chi connectivity index (χ3n) is 4.29. The Bertz CT molecular complexity index is 588. The predicted octanol–water partition coefficient (Wildman–Crippen LogP) is 2.72. The number of rotatable bonds is 4. The van der Waals surface area contributed by atoms with Crippen LogP contribution in [0.4, 0.5) is 5.69 Å². The molecule has 0 bridgehead atoms. The fourth-order valence-corrected chi connectivity index (χ4v) is 3.37. The number of anilines is 1. The summed E-state index contributed by atoms with van der Waals surface area (Å²) in [6, 6.07) is 7.44. The molecule has 0 spiro atoms. The van der Waals surface area contributed by atoms with Crippen molar-refractivity contribution in [3.05, 3.63) is 40.9 Å². The van der Waals surface area contributed by atoms with Crippen molar-refractivity contribution in [3.63, 3.8) is 0 Å². The Balaban J connectivity index is 1.68. The van der Waals surface area contributed by atoms with Gasteiger partial charge >= 0.3 is 0 Å². The number of nitrogens with zero attached hydrogens (tertiary/aromatic N) is 2. The second-order valence-electron chi connectivity index (χ2n) is 5.86. The van der Waals surface area contributed by atoms with E-state index in [9.17, 15) is 4.79 Å². The second kappa shape index (κ2) is 6.82. The van der Waals surface area contributed by atoms with Crippen LogP contribution in [0.25, 0.3) is 0 Å². The Morgan fingerprint density at radius 3 is 2.95 bits per heavy atom. The molecule has 1 aromatic carbocycles. The lowest BCUT2D eigenvalue weighted by atomic mass is 10.1. The number of carbonyl (C=O) groups excluding carboxylic acids is 1. The van der Waals surface area contributed by atoms with Crippen LogP contribution in [-0.2, 0) is 9.53 Å². The second-order valence-corrected chi connectivity index (χ2v) is 6.27. The number of benzene rings is 1. The molecule has 0 aromatic heterocycles. The lowest BCUT2D eigenvalue weighted by molar-refractivity contribution is -0.121. The quantitative estimate of drug-likeness (QED) is 0.800. The molecule has 2 aliphatic heterocycles. The van der Waals surface area contributed by atoms with E-state index in [0.29, 0.717) is 18.2 Å². The smallest absolute Gasteiger partial charge is 0.244 e. The number of para-hydroxylation sites is 1. The monoisotopic (exact) mass is 320 g/mol. The maximum absolute atomic E-state index is 12.7. The molecule has 0 aliphatic carbocycles. The average Bonchev–Trinajstić information content (AvgIpc) is 2.90. The standard InChI is InChI=1S/C17H21ClN2O2/c1-19(11-13-5-4-10-22-12-13)16-8-9-20(17(16)21)15-7-3-2-6-14(15)18/h2-3,5-7,16H,4,8-12H2,1H3. The van der Waals surface area contributed by atoms with Gasteiger partial charge in [-0.05, 0) is 37.6 Å². The molecule has 0 saturated carbocycles.